The highest BCUT2D eigenvalue weighted by atomic mass is 16.4. The van der Waals surface area contributed by atoms with Gasteiger partial charge in [0.2, 0.25) is 23.6 Å². The Kier molecular flexibility index (Phi) is 11.6. The Labute approximate surface area is 176 Å². The van der Waals surface area contributed by atoms with Crippen LogP contribution in [0.4, 0.5) is 0 Å². The summed E-state index contributed by atoms with van der Waals surface area (Å²) >= 11 is 0. The van der Waals surface area contributed by atoms with E-state index in [0.717, 1.165) is 0 Å². The summed E-state index contributed by atoms with van der Waals surface area (Å²) in [5.74, 6) is -4.40. The van der Waals surface area contributed by atoms with Crippen LogP contribution in [0.3, 0.4) is 0 Å². The van der Waals surface area contributed by atoms with Crippen LogP contribution < -0.4 is 27.4 Å². The molecule has 0 aliphatic heterocycles. The smallest absolute Gasteiger partial charge is 0.326 e. The molecule has 0 radical (unpaired) electrons. The lowest BCUT2D eigenvalue weighted by molar-refractivity contribution is -0.143. The number of aliphatic carboxylic acids is 1. The van der Waals surface area contributed by atoms with Gasteiger partial charge in [0.15, 0.2) is 0 Å². The molecule has 0 saturated carbocycles. The average molecular weight is 430 g/mol. The first kappa shape index (κ1) is 27.3. The fourth-order valence-electron chi connectivity index (χ4n) is 2.57. The molecule has 0 bridgehead atoms. The van der Waals surface area contributed by atoms with Crippen molar-refractivity contribution >= 4 is 29.6 Å². The van der Waals surface area contributed by atoms with Gasteiger partial charge in [0.25, 0.3) is 0 Å². The number of amides is 4. The van der Waals surface area contributed by atoms with E-state index in [9.17, 15) is 29.1 Å². The highest BCUT2D eigenvalue weighted by molar-refractivity contribution is 5.94. The number of carboxylic acids is 1. The van der Waals surface area contributed by atoms with Crippen LogP contribution in [-0.4, -0.2) is 58.9 Å². The van der Waals surface area contributed by atoms with Gasteiger partial charge in [-0.15, -0.1) is 0 Å². The van der Waals surface area contributed by atoms with Crippen LogP contribution in [0.5, 0.6) is 0 Å². The van der Waals surface area contributed by atoms with Crippen LogP contribution in [0, 0.1) is 11.8 Å². The molecule has 4 amide bonds. The molecule has 0 fully saturated rings. The lowest BCUT2D eigenvalue weighted by atomic mass is 9.96. The van der Waals surface area contributed by atoms with E-state index in [0.29, 0.717) is 6.42 Å². The number of carbonyl (C=O) groups excluding carboxylic acids is 4. The Morgan fingerprint density at radius 3 is 1.77 bits per heavy atom. The van der Waals surface area contributed by atoms with Crippen molar-refractivity contribution in [1.29, 1.82) is 0 Å². The summed E-state index contributed by atoms with van der Waals surface area (Å²) in [6.45, 7) is 8.49. The predicted octanol–water partition coefficient (Wildman–Crippen LogP) is -1.16. The number of primary amides is 1. The number of hydrogen-bond donors (Lipinski definition) is 6. The maximum absolute atomic E-state index is 12.8. The highest BCUT2D eigenvalue weighted by Crippen LogP contribution is 2.11. The van der Waals surface area contributed by atoms with Gasteiger partial charge in [-0.05, 0) is 25.2 Å². The zero-order valence-corrected chi connectivity index (χ0v) is 18.2. The van der Waals surface area contributed by atoms with Crippen molar-refractivity contribution in [3.8, 4) is 0 Å². The molecule has 11 heteroatoms. The summed E-state index contributed by atoms with van der Waals surface area (Å²) in [5, 5.41) is 16.8. The van der Waals surface area contributed by atoms with Crippen molar-refractivity contribution in [3.05, 3.63) is 0 Å². The molecule has 0 spiro atoms. The molecule has 172 valence electrons. The van der Waals surface area contributed by atoms with Crippen molar-refractivity contribution < 1.29 is 29.1 Å². The summed E-state index contributed by atoms with van der Waals surface area (Å²) < 4.78 is 0. The van der Waals surface area contributed by atoms with Crippen LogP contribution in [0.2, 0.25) is 0 Å². The van der Waals surface area contributed by atoms with Gasteiger partial charge in [-0.3, -0.25) is 19.2 Å². The number of nitrogens with two attached hydrogens (primary N) is 2. The number of carboxylic acid groups (broad SMARTS) is 1. The van der Waals surface area contributed by atoms with Crippen LogP contribution in [0.25, 0.3) is 0 Å². The summed E-state index contributed by atoms with van der Waals surface area (Å²) in [5.41, 5.74) is 10.6. The van der Waals surface area contributed by atoms with Gasteiger partial charge in [0, 0.05) is 6.42 Å². The fourth-order valence-corrected chi connectivity index (χ4v) is 2.57. The minimum absolute atomic E-state index is 0.172. The Balaban J connectivity index is 5.39. The van der Waals surface area contributed by atoms with E-state index in [2.05, 4.69) is 16.0 Å². The standard InChI is InChI=1S/C19H35N5O6/c1-6-10(4)15(24-16(26)11(5)20)18(28)23-14(9(2)3)17(27)22-12(19(29)30)7-8-13(21)25/h9-12,14-15H,6-8,20H2,1-5H3,(H2,21,25)(H,22,27)(H,23,28)(H,24,26)(H,29,30). The maximum Gasteiger partial charge on any atom is 0.326 e. The maximum atomic E-state index is 12.8. The lowest BCUT2D eigenvalue weighted by Gasteiger charge is -2.29. The van der Waals surface area contributed by atoms with E-state index in [-0.39, 0.29) is 24.7 Å². The minimum Gasteiger partial charge on any atom is -0.480 e. The van der Waals surface area contributed by atoms with E-state index >= 15 is 0 Å². The van der Waals surface area contributed by atoms with Crippen LogP contribution in [-0.2, 0) is 24.0 Å². The summed E-state index contributed by atoms with van der Waals surface area (Å²) in [7, 11) is 0. The SMILES string of the molecule is CCC(C)C(NC(=O)C(C)N)C(=O)NC(C(=O)NC(CCC(N)=O)C(=O)O)C(C)C. The first-order valence-corrected chi connectivity index (χ1v) is 9.99. The highest BCUT2D eigenvalue weighted by Gasteiger charge is 2.33. The molecule has 0 aliphatic carbocycles. The Morgan fingerprint density at radius 2 is 1.37 bits per heavy atom. The van der Waals surface area contributed by atoms with Gasteiger partial charge in [0.05, 0.1) is 6.04 Å². The minimum atomic E-state index is -1.33. The molecule has 30 heavy (non-hydrogen) atoms. The molecule has 8 N–H and O–H groups in total. The van der Waals surface area contributed by atoms with E-state index in [1.54, 1.807) is 20.8 Å². The monoisotopic (exact) mass is 429 g/mol. The van der Waals surface area contributed by atoms with Crippen molar-refractivity contribution in [2.24, 2.45) is 23.3 Å². The van der Waals surface area contributed by atoms with Gasteiger partial charge in [-0.2, -0.15) is 0 Å². The lowest BCUT2D eigenvalue weighted by Crippen LogP contribution is -2.59. The van der Waals surface area contributed by atoms with E-state index in [1.165, 1.54) is 6.92 Å². The first-order valence-electron chi connectivity index (χ1n) is 9.99. The van der Waals surface area contributed by atoms with Crippen molar-refractivity contribution in [3.63, 3.8) is 0 Å². The second-order valence-corrected chi connectivity index (χ2v) is 7.80. The van der Waals surface area contributed by atoms with Gasteiger partial charge >= 0.3 is 5.97 Å². The number of rotatable bonds is 13. The number of hydrogen-bond acceptors (Lipinski definition) is 6. The molecule has 0 aliphatic rings. The molecule has 0 heterocycles. The Morgan fingerprint density at radius 1 is 0.867 bits per heavy atom. The second kappa shape index (κ2) is 12.8. The molecule has 0 rings (SSSR count). The van der Waals surface area contributed by atoms with Crippen molar-refractivity contribution in [2.45, 2.75) is 78.0 Å². The molecule has 0 aromatic rings. The molecule has 5 atom stereocenters. The van der Waals surface area contributed by atoms with Crippen LogP contribution in [0.1, 0.15) is 53.9 Å². The molecule has 0 saturated heterocycles. The summed E-state index contributed by atoms with van der Waals surface area (Å²) in [6, 6.07) is -4.10. The molecule has 11 nitrogen and oxygen atoms in total. The van der Waals surface area contributed by atoms with Gasteiger partial charge in [-0.25, -0.2) is 4.79 Å². The quantitative estimate of drug-likeness (QED) is 0.212. The predicted molar refractivity (Wildman–Crippen MR) is 110 cm³/mol. The van der Waals surface area contributed by atoms with Crippen LogP contribution >= 0.6 is 0 Å². The molecule has 0 aromatic carbocycles. The van der Waals surface area contributed by atoms with Crippen molar-refractivity contribution in [1.82, 2.24) is 16.0 Å². The van der Waals surface area contributed by atoms with E-state index in [4.69, 9.17) is 11.5 Å². The zero-order valence-electron chi connectivity index (χ0n) is 18.2. The number of carbonyl (C=O) groups is 5. The third-order valence-electron chi connectivity index (χ3n) is 4.75. The molecular formula is C19H35N5O6. The van der Waals surface area contributed by atoms with Gasteiger partial charge in [-0.1, -0.05) is 34.1 Å². The average Bonchev–Trinajstić information content (AvgIpc) is 2.65. The Bertz CT molecular complexity index is 637. The Hall–Kier alpha value is -2.69. The van der Waals surface area contributed by atoms with E-state index < -0.39 is 53.8 Å². The number of nitrogens with one attached hydrogen (secondary N) is 3. The van der Waals surface area contributed by atoms with Gasteiger partial charge < -0.3 is 32.5 Å². The third-order valence-corrected chi connectivity index (χ3v) is 4.75. The second-order valence-electron chi connectivity index (χ2n) is 7.80. The fraction of sp³-hybridized carbons (Fsp3) is 0.737. The van der Waals surface area contributed by atoms with E-state index in [1.807, 2.05) is 6.92 Å². The van der Waals surface area contributed by atoms with Crippen molar-refractivity contribution in [2.75, 3.05) is 0 Å². The first-order chi connectivity index (χ1) is 13.8. The normalized spacial score (nSPS) is 16.0. The zero-order chi connectivity index (χ0) is 23.6. The largest absolute Gasteiger partial charge is 0.480 e. The molecular weight excluding hydrogens is 394 g/mol. The third kappa shape index (κ3) is 9.21. The molecule has 5 unspecified atom stereocenters. The summed E-state index contributed by atoms with van der Waals surface area (Å²) in [6.07, 6.45) is 0.203. The van der Waals surface area contributed by atoms with Gasteiger partial charge in [0.1, 0.15) is 18.1 Å². The topological polar surface area (TPSA) is 194 Å². The van der Waals surface area contributed by atoms with Crippen LogP contribution in [0.15, 0.2) is 0 Å². The molecule has 0 aromatic heterocycles. The summed E-state index contributed by atoms with van der Waals surface area (Å²) in [4.78, 5) is 59.8.